The molecule has 16 heavy (non-hydrogen) atoms. The van der Waals surface area contributed by atoms with Gasteiger partial charge < -0.3 is 9.84 Å². The van der Waals surface area contributed by atoms with Crippen LogP contribution in [0.1, 0.15) is 33.1 Å². The number of hydrogen-bond donors (Lipinski definition) is 1. The number of rotatable bonds is 8. The fraction of sp³-hybridized carbons (Fsp3) is 0.818. The lowest BCUT2D eigenvalue weighted by molar-refractivity contribution is -0.150. The second kappa shape index (κ2) is 8.10. The van der Waals surface area contributed by atoms with E-state index in [4.69, 9.17) is 9.84 Å². The molecule has 94 valence electrons. The fourth-order valence-corrected chi connectivity index (χ4v) is 1.38. The van der Waals surface area contributed by atoms with Crippen LogP contribution in [0.5, 0.6) is 0 Å². The molecule has 0 heterocycles. The van der Waals surface area contributed by atoms with Gasteiger partial charge >= 0.3 is 11.9 Å². The molecule has 0 saturated carbocycles. The Morgan fingerprint density at radius 1 is 1.38 bits per heavy atom. The SMILES string of the molecule is CCCOC(=O)C(CC)N(C)CCC(=O)O. The van der Waals surface area contributed by atoms with Crippen molar-refractivity contribution in [2.75, 3.05) is 20.2 Å². The van der Waals surface area contributed by atoms with E-state index in [2.05, 4.69) is 0 Å². The lowest BCUT2D eigenvalue weighted by Crippen LogP contribution is -2.40. The first-order chi connectivity index (χ1) is 7.52. The molecule has 0 spiro atoms. The molecule has 0 aliphatic carbocycles. The third kappa shape index (κ3) is 5.70. The molecular weight excluding hydrogens is 210 g/mol. The topological polar surface area (TPSA) is 66.8 Å². The minimum Gasteiger partial charge on any atom is -0.481 e. The number of aliphatic carboxylic acids is 1. The number of ether oxygens (including phenoxy) is 1. The van der Waals surface area contributed by atoms with Gasteiger partial charge in [0.25, 0.3) is 0 Å². The highest BCUT2D eigenvalue weighted by Crippen LogP contribution is 2.05. The maximum absolute atomic E-state index is 11.6. The van der Waals surface area contributed by atoms with Crippen molar-refractivity contribution in [3.63, 3.8) is 0 Å². The molecule has 0 aliphatic rings. The van der Waals surface area contributed by atoms with E-state index in [1.165, 1.54) is 0 Å². The van der Waals surface area contributed by atoms with Crippen LogP contribution in [0.3, 0.4) is 0 Å². The largest absolute Gasteiger partial charge is 0.481 e. The van der Waals surface area contributed by atoms with Crippen LogP contribution in [0.25, 0.3) is 0 Å². The van der Waals surface area contributed by atoms with Gasteiger partial charge in [-0.05, 0) is 19.9 Å². The highest BCUT2D eigenvalue weighted by Gasteiger charge is 2.22. The summed E-state index contributed by atoms with van der Waals surface area (Å²) in [6, 6.07) is -0.342. The summed E-state index contributed by atoms with van der Waals surface area (Å²) in [5.41, 5.74) is 0. The van der Waals surface area contributed by atoms with Gasteiger partial charge in [-0.2, -0.15) is 0 Å². The number of carbonyl (C=O) groups excluding carboxylic acids is 1. The molecule has 0 aromatic heterocycles. The molecule has 0 rings (SSSR count). The van der Waals surface area contributed by atoms with Gasteiger partial charge in [0.2, 0.25) is 0 Å². The van der Waals surface area contributed by atoms with Crippen LogP contribution in [0.2, 0.25) is 0 Å². The van der Waals surface area contributed by atoms with Gasteiger partial charge in [-0.3, -0.25) is 14.5 Å². The van der Waals surface area contributed by atoms with Crippen LogP contribution in [-0.2, 0) is 14.3 Å². The van der Waals surface area contributed by atoms with Gasteiger partial charge in [-0.25, -0.2) is 0 Å². The summed E-state index contributed by atoms with van der Waals surface area (Å²) in [5, 5.41) is 8.55. The van der Waals surface area contributed by atoms with Crippen molar-refractivity contribution in [2.24, 2.45) is 0 Å². The molecule has 5 heteroatoms. The number of esters is 1. The smallest absolute Gasteiger partial charge is 0.323 e. The fourth-order valence-electron chi connectivity index (χ4n) is 1.38. The quantitative estimate of drug-likeness (QED) is 0.634. The average Bonchev–Trinajstić information content (AvgIpc) is 2.24. The van der Waals surface area contributed by atoms with Gasteiger partial charge in [0.15, 0.2) is 0 Å². The summed E-state index contributed by atoms with van der Waals surface area (Å²) in [7, 11) is 1.74. The standard InChI is InChI=1S/C11H21NO4/c1-4-8-16-11(15)9(5-2)12(3)7-6-10(13)14/h9H,4-8H2,1-3H3,(H,13,14). The summed E-state index contributed by atoms with van der Waals surface area (Å²) >= 11 is 0. The van der Waals surface area contributed by atoms with Gasteiger partial charge in [0.05, 0.1) is 13.0 Å². The Balaban J connectivity index is 4.13. The summed E-state index contributed by atoms with van der Waals surface area (Å²) < 4.78 is 5.04. The van der Waals surface area contributed by atoms with Crippen molar-refractivity contribution in [2.45, 2.75) is 39.2 Å². The van der Waals surface area contributed by atoms with Crippen molar-refractivity contribution in [3.8, 4) is 0 Å². The van der Waals surface area contributed by atoms with E-state index in [0.717, 1.165) is 6.42 Å². The maximum atomic E-state index is 11.6. The Bertz CT molecular complexity index is 230. The van der Waals surface area contributed by atoms with Crippen LogP contribution >= 0.6 is 0 Å². The molecule has 0 aromatic rings. The molecule has 0 radical (unpaired) electrons. The normalized spacial score (nSPS) is 12.5. The molecule has 5 nitrogen and oxygen atoms in total. The van der Waals surface area contributed by atoms with E-state index in [-0.39, 0.29) is 18.4 Å². The number of likely N-dealkylation sites (N-methyl/N-ethyl adjacent to an activating group) is 1. The summed E-state index contributed by atoms with van der Waals surface area (Å²) in [6.07, 6.45) is 1.45. The predicted octanol–water partition coefficient (Wildman–Crippen LogP) is 1.12. The third-order valence-corrected chi connectivity index (χ3v) is 2.32. The Kier molecular flexibility index (Phi) is 7.54. The molecule has 1 N–H and O–H groups in total. The number of nitrogens with zero attached hydrogens (tertiary/aromatic N) is 1. The zero-order valence-corrected chi connectivity index (χ0v) is 10.2. The molecule has 0 aliphatic heterocycles. The minimum atomic E-state index is -0.858. The molecule has 0 aromatic carbocycles. The zero-order chi connectivity index (χ0) is 12.6. The summed E-state index contributed by atoms with van der Waals surface area (Å²) in [4.78, 5) is 23.8. The number of carboxylic acid groups (broad SMARTS) is 1. The van der Waals surface area contributed by atoms with E-state index < -0.39 is 5.97 Å². The molecule has 0 saturated heterocycles. The molecular formula is C11H21NO4. The monoisotopic (exact) mass is 231 g/mol. The van der Waals surface area contributed by atoms with Crippen molar-refractivity contribution in [1.82, 2.24) is 4.90 Å². The Morgan fingerprint density at radius 2 is 2.00 bits per heavy atom. The van der Waals surface area contributed by atoms with E-state index in [9.17, 15) is 9.59 Å². The van der Waals surface area contributed by atoms with E-state index in [1.807, 2.05) is 13.8 Å². The maximum Gasteiger partial charge on any atom is 0.323 e. The lowest BCUT2D eigenvalue weighted by atomic mass is 10.2. The number of carboxylic acids is 1. The number of carbonyl (C=O) groups is 2. The average molecular weight is 231 g/mol. The van der Waals surface area contributed by atoms with Crippen LogP contribution < -0.4 is 0 Å². The highest BCUT2D eigenvalue weighted by atomic mass is 16.5. The summed E-state index contributed by atoms with van der Waals surface area (Å²) in [6.45, 7) is 4.59. The van der Waals surface area contributed by atoms with Crippen LogP contribution in [0.15, 0.2) is 0 Å². The lowest BCUT2D eigenvalue weighted by Gasteiger charge is -2.24. The van der Waals surface area contributed by atoms with Crippen LogP contribution in [0, 0.1) is 0 Å². The molecule has 0 amide bonds. The Hall–Kier alpha value is -1.10. The van der Waals surface area contributed by atoms with Crippen molar-refractivity contribution in [1.29, 1.82) is 0 Å². The highest BCUT2D eigenvalue weighted by molar-refractivity contribution is 5.75. The Morgan fingerprint density at radius 3 is 2.44 bits per heavy atom. The zero-order valence-electron chi connectivity index (χ0n) is 10.2. The van der Waals surface area contributed by atoms with E-state index in [1.54, 1.807) is 11.9 Å². The third-order valence-electron chi connectivity index (χ3n) is 2.32. The van der Waals surface area contributed by atoms with Gasteiger partial charge in [-0.15, -0.1) is 0 Å². The first-order valence-electron chi connectivity index (χ1n) is 5.61. The number of hydrogen-bond acceptors (Lipinski definition) is 4. The Labute approximate surface area is 96.4 Å². The minimum absolute atomic E-state index is 0.0358. The van der Waals surface area contributed by atoms with Crippen molar-refractivity contribution < 1.29 is 19.4 Å². The van der Waals surface area contributed by atoms with E-state index in [0.29, 0.717) is 19.6 Å². The second-order valence-electron chi connectivity index (χ2n) is 3.72. The molecule has 1 unspecified atom stereocenters. The van der Waals surface area contributed by atoms with Gasteiger partial charge in [-0.1, -0.05) is 13.8 Å². The van der Waals surface area contributed by atoms with Gasteiger partial charge in [0.1, 0.15) is 6.04 Å². The van der Waals surface area contributed by atoms with Crippen LogP contribution in [-0.4, -0.2) is 48.2 Å². The van der Waals surface area contributed by atoms with Crippen molar-refractivity contribution in [3.05, 3.63) is 0 Å². The molecule has 0 bridgehead atoms. The summed E-state index contributed by atoms with van der Waals surface area (Å²) in [5.74, 6) is -1.12. The van der Waals surface area contributed by atoms with Crippen LogP contribution in [0.4, 0.5) is 0 Å². The van der Waals surface area contributed by atoms with Crippen molar-refractivity contribution >= 4 is 11.9 Å². The predicted molar refractivity (Wildman–Crippen MR) is 60.2 cm³/mol. The molecule has 0 fully saturated rings. The second-order valence-corrected chi connectivity index (χ2v) is 3.72. The first-order valence-corrected chi connectivity index (χ1v) is 5.61. The first kappa shape index (κ1) is 14.9. The van der Waals surface area contributed by atoms with Gasteiger partial charge in [0, 0.05) is 6.54 Å². The molecule has 1 atom stereocenters. The van der Waals surface area contributed by atoms with E-state index >= 15 is 0 Å².